The maximum Gasteiger partial charge on any atom is 0.165 e. The molecule has 6 heterocycles. The van der Waals surface area contributed by atoms with Crippen LogP contribution in [0.1, 0.15) is 0 Å². The van der Waals surface area contributed by atoms with Gasteiger partial charge in [0.15, 0.2) is 17.5 Å². The molecule has 23 aromatic carbocycles. The third kappa shape index (κ3) is 12.3. The van der Waals surface area contributed by atoms with Crippen LogP contribution in [0.4, 0.5) is 0 Å². The van der Waals surface area contributed by atoms with E-state index in [1.807, 2.05) is 36.4 Å². The molecular formula is C134H79N9. The molecule has 3 aliphatic carbocycles. The van der Waals surface area contributed by atoms with Crippen molar-refractivity contribution >= 4 is 152 Å². The van der Waals surface area contributed by atoms with Crippen LogP contribution in [0, 0.1) is 0 Å². The second-order valence-electron chi connectivity index (χ2n) is 37.6. The molecule has 0 aliphatic heterocycles. The average molecular weight is 1820 g/mol. The number of hydrogen-bond acceptors (Lipinski definition) is 6. The van der Waals surface area contributed by atoms with E-state index in [0.717, 1.165) is 129 Å². The maximum absolute atomic E-state index is 5.42. The summed E-state index contributed by atoms with van der Waals surface area (Å²) in [6, 6.07) is 172. The lowest BCUT2D eigenvalue weighted by molar-refractivity contribution is 1.08. The number of para-hydroxylation sites is 6. The van der Waals surface area contributed by atoms with Gasteiger partial charge in [0, 0.05) is 49.0 Å². The molecule has 0 atom stereocenters. The molecule has 3 aliphatic rings. The summed E-state index contributed by atoms with van der Waals surface area (Å²) in [5.74, 6) is 2.50. The Morgan fingerprint density at radius 3 is 0.818 bits per heavy atom. The molecule has 0 fully saturated rings. The quantitative estimate of drug-likeness (QED) is 0.143. The topological polar surface area (TPSA) is 92.1 Å². The molecule has 29 aromatic rings. The molecular weight excluding hydrogens is 1740 g/mol. The normalized spacial score (nSPS) is 12.1. The molecule has 0 radical (unpaired) electrons. The molecule has 9 heteroatoms. The summed E-state index contributed by atoms with van der Waals surface area (Å²) >= 11 is 0. The minimum absolute atomic E-state index is 0.833. The van der Waals surface area contributed by atoms with Crippen LogP contribution in [0.15, 0.2) is 479 Å². The summed E-state index contributed by atoms with van der Waals surface area (Å²) in [6.07, 6.45) is 0. The fourth-order valence-electron chi connectivity index (χ4n) is 23.7. The van der Waals surface area contributed by atoms with Crippen molar-refractivity contribution in [1.82, 2.24) is 43.6 Å². The molecule has 143 heavy (non-hydrogen) atoms. The van der Waals surface area contributed by atoms with Crippen LogP contribution >= 0.6 is 0 Å². The van der Waals surface area contributed by atoms with Crippen LogP contribution in [-0.2, 0) is 0 Å². The summed E-state index contributed by atoms with van der Waals surface area (Å²) in [6.45, 7) is 0. The highest BCUT2D eigenvalue weighted by Crippen LogP contribution is 2.56. The molecule has 0 N–H and O–H groups in total. The Morgan fingerprint density at radius 2 is 0.392 bits per heavy atom. The highest BCUT2D eigenvalue weighted by Gasteiger charge is 2.33. The van der Waals surface area contributed by atoms with E-state index >= 15 is 0 Å². The van der Waals surface area contributed by atoms with Gasteiger partial charge in [-0.25, -0.2) is 29.9 Å². The first-order valence-corrected chi connectivity index (χ1v) is 48.9. The SMILES string of the molecule is c1ccc(-c2ccccc2-c2nc3ccccc3nc2-n2c3cccc4c3c3c5c(cccc5ccc32)-c2ccccc2-4)cc1.c1ccc2c(c1)-c1cccc3ccc4c(c13)c1c-2cccc1n4-c1nc2ccccc2nc1-c1ccc(-c2ccc3ccccc3c2)cc1.c1ccc2c(c1)-c1cccc3ccc4c(c13)c1c-2cccc1n4-c1nc2ccccc2nc1-c1ccc(-c2cccc3ccccc23)cc1. The highest BCUT2D eigenvalue weighted by molar-refractivity contribution is 6.34. The first kappa shape index (κ1) is 79.9. The minimum Gasteiger partial charge on any atom is -0.292 e. The van der Waals surface area contributed by atoms with Gasteiger partial charge in [0.25, 0.3) is 0 Å². The lowest BCUT2D eigenvalue weighted by Crippen LogP contribution is -2.04. The van der Waals surface area contributed by atoms with Gasteiger partial charge in [0.2, 0.25) is 0 Å². The molecule has 0 spiro atoms. The first-order chi connectivity index (χ1) is 71.0. The molecule has 6 aromatic heterocycles. The minimum atomic E-state index is 0.833. The van der Waals surface area contributed by atoms with E-state index in [9.17, 15) is 0 Å². The maximum atomic E-state index is 5.42. The van der Waals surface area contributed by atoms with Gasteiger partial charge in [0.1, 0.15) is 17.1 Å². The fraction of sp³-hybridized carbons (Fsp3) is 0. The van der Waals surface area contributed by atoms with Crippen molar-refractivity contribution in [2.75, 3.05) is 0 Å². The fourth-order valence-corrected chi connectivity index (χ4v) is 23.7. The van der Waals surface area contributed by atoms with E-state index in [0.29, 0.717) is 0 Å². The molecule has 0 bridgehead atoms. The van der Waals surface area contributed by atoms with Crippen molar-refractivity contribution in [3.8, 4) is 151 Å². The van der Waals surface area contributed by atoms with Crippen LogP contribution in [0.25, 0.3) is 304 Å². The van der Waals surface area contributed by atoms with Gasteiger partial charge in [-0.1, -0.05) is 400 Å². The summed E-state index contributed by atoms with van der Waals surface area (Å²) in [7, 11) is 0. The van der Waals surface area contributed by atoms with Crippen LogP contribution in [0.2, 0.25) is 0 Å². The van der Waals surface area contributed by atoms with E-state index in [1.165, 1.54) is 175 Å². The molecule has 0 amide bonds. The van der Waals surface area contributed by atoms with Gasteiger partial charge in [-0.15, -0.1) is 0 Å². The van der Waals surface area contributed by atoms with Crippen LogP contribution in [0.5, 0.6) is 0 Å². The Hall–Kier alpha value is -19.2. The number of hydrogen-bond donors (Lipinski definition) is 0. The zero-order chi connectivity index (χ0) is 93.6. The standard InChI is InChI=1S/2C46H27N3.C42H25N3/c1-2-13-32-28(10-1)11-7-16-33(32)29-22-24-31(25-23-29)45-46(48-39-20-6-5-19-38(39)47-45)49-40-21-9-18-37-35-15-4-3-14-34(35)36-17-8-12-30-26-27-41(49)44(42(30)36)43(37)40;1-2-10-32-27-33(24-21-28(32)9-1)29-19-22-31(23-20-29)45-46(48-39-17-6-5-16-38(39)47-45)49-40-18-8-15-37-35-13-4-3-12-34(35)36-14-7-11-30-25-26-41(49)44(42(30)36)43(37)40;1-2-12-26(13-3-1)28-15-4-7-18-33(28)41-42(44-35-22-9-8-21-34(35)43-41)45-36-23-11-20-32-30-17-6-5-16-29(30)31-19-10-14-27-24-25-37(45)40(38(27)31)39(32)36/h2*1-27H;1-25H. The Bertz CT molecular complexity index is 10500. The second-order valence-corrected chi connectivity index (χ2v) is 37.6. The summed E-state index contributed by atoms with van der Waals surface area (Å²) in [4.78, 5) is 32.3. The summed E-state index contributed by atoms with van der Waals surface area (Å²) in [5.41, 5.74) is 39.9. The van der Waals surface area contributed by atoms with Crippen molar-refractivity contribution in [2.45, 2.75) is 0 Å². The van der Waals surface area contributed by atoms with E-state index in [-0.39, 0.29) is 0 Å². The molecule has 0 saturated heterocycles. The zero-order valence-corrected chi connectivity index (χ0v) is 77.1. The molecule has 9 nitrogen and oxygen atoms in total. The number of rotatable bonds is 9. The van der Waals surface area contributed by atoms with E-state index in [1.54, 1.807) is 0 Å². The van der Waals surface area contributed by atoms with Gasteiger partial charge < -0.3 is 0 Å². The van der Waals surface area contributed by atoms with Crippen molar-refractivity contribution < 1.29 is 0 Å². The second kappa shape index (κ2) is 31.7. The number of nitrogens with zero attached hydrogens (tertiary/aromatic N) is 9. The lowest BCUT2D eigenvalue weighted by Gasteiger charge is -2.17. The first-order valence-electron chi connectivity index (χ1n) is 48.9. The largest absolute Gasteiger partial charge is 0.292 e. The van der Waals surface area contributed by atoms with Gasteiger partial charge in [-0.3, -0.25) is 13.7 Å². The predicted molar refractivity (Wildman–Crippen MR) is 595 cm³/mol. The van der Waals surface area contributed by atoms with Crippen LogP contribution in [0.3, 0.4) is 0 Å². The van der Waals surface area contributed by atoms with Gasteiger partial charge in [-0.05, 0) is 233 Å². The van der Waals surface area contributed by atoms with Crippen molar-refractivity contribution in [2.24, 2.45) is 0 Å². The molecule has 0 saturated carbocycles. The average Bonchev–Trinajstić information content (AvgIpc) is 1.55. The monoisotopic (exact) mass is 1810 g/mol. The Labute approximate surface area is 820 Å². The third-order valence-electron chi connectivity index (χ3n) is 30.0. The molecule has 32 rings (SSSR count). The Kier molecular flexibility index (Phi) is 17.7. The van der Waals surface area contributed by atoms with Crippen molar-refractivity contribution in [3.05, 3.63) is 479 Å². The summed E-state index contributed by atoms with van der Waals surface area (Å²) < 4.78 is 7.06. The Morgan fingerprint density at radius 1 is 0.126 bits per heavy atom. The number of fused-ring (bicyclic) bond motifs is 14. The van der Waals surface area contributed by atoms with E-state index in [4.69, 9.17) is 29.9 Å². The number of aromatic nitrogens is 9. The zero-order valence-electron chi connectivity index (χ0n) is 77.1. The van der Waals surface area contributed by atoms with Gasteiger partial charge in [-0.2, -0.15) is 0 Å². The third-order valence-corrected chi connectivity index (χ3v) is 30.0. The molecule has 660 valence electrons. The Balaban J connectivity index is 0.000000100. The van der Waals surface area contributed by atoms with Gasteiger partial charge in [0.05, 0.1) is 66.2 Å². The van der Waals surface area contributed by atoms with Crippen molar-refractivity contribution in [3.63, 3.8) is 0 Å². The smallest absolute Gasteiger partial charge is 0.165 e. The lowest BCUT2D eigenvalue weighted by atomic mass is 9.93. The van der Waals surface area contributed by atoms with Crippen LogP contribution < -0.4 is 0 Å². The van der Waals surface area contributed by atoms with E-state index in [2.05, 4.69) is 457 Å². The number of benzene rings is 23. The van der Waals surface area contributed by atoms with E-state index < -0.39 is 0 Å². The van der Waals surface area contributed by atoms with Gasteiger partial charge >= 0.3 is 0 Å². The van der Waals surface area contributed by atoms with Crippen molar-refractivity contribution in [1.29, 1.82) is 0 Å². The molecule has 0 unspecified atom stereocenters. The summed E-state index contributed by atoms with van der Waals surface area (Å²) in [5, 5.41) is 20.1. The van der Waals surface area contributed by atoms with Crippen LogP contribution in [-0.4, -0.2) is 43.6 Å². The highest BCUT2D eigenvalue weighted by atomic mass is 15.1. The predicted octanol–water partition coefficient (Wildman–Crippen LogP) is 34.9.